The summed E-state index contributed by atoms with van der Waals surface area (Å²) in [5.74, 6) is -0.288. The molecule has 1 aromatic heterocycles. The maximum atomic E-state index is 12.9. The summed E-state index contributed by atoms with van der Waals surface area (Å²) >= 11 is 0. The van der Waals surface area contributed by atoms with E-state index in [9.17, 15) is 9.18 Å². The zero-order chi connectivity index (χ0) is 17.2. The van der Waals surface area contributed by atoms with E-state index < -0.39 is 0 Å². The summed E-state index contributed by atoms with van der Waals surface area (Å²) in [5, 5.41) is 8.44. The Labute approximate surface area is 143 Å². The summed E-state index contributed by atoms with van der Waals surface area (Å²) in [6, 6.07) is 15.4. The Morgan fingerprint density at radius 2 is 1.72 bits per heavy atom. The number of carbonyl (C=O) groups excluding carboxylic acids is 1. The molecule has 25 heavy (non-hydrogen) atoms. The molecule has 0 atom stereocenters. The Balaban J connectivity index is 1.50. The topological polar surface area (TPSA) is 66.9 Å². The van der Waals surface area contributed by atoms with Crippen LogP contribution in [0.3, 0.4) is 0 Å². The SMILES string of the molecule is O=C(NNc1cc2c(nn1)-c1ccccc1CC2)c1ccc(F)cc1. The van der Waals surface area contributed by atoms with Gasteiger partial charge in [0.05, 0.1) is 5.69 Å². The molecule has 6 heteroatoms. The van der Waals surface area contributed by atoms with Gasteiger partial charge in [0.15, 0.2) is 5.82 Å². The lowest BCUT2D eigenvalue weighted by molar-refractivity contribution is 0.0962. The lowest BCUT2D eigenvalue weighted by Gasteiger charge is -2.18. The van der Waals surface area contributed by atoms with E-state index in [-0.39, 0.29) is 11.7 Å². The van der Waals surface area contributed by atoms with Crippen molar-refractivity contribution < 1.29 is 9.18 Å². The number of aromatic nitrogens is 2. The number of benzene rings is 2. The van der Waals surface area contributed by atoms with E-state index in [1.807, 2.05) is 24.3 Å². The van der Waals surface area contributed by atoms with Gasteiger partial charge in [-0.3, -0.25) is 15.6 Å². The van der Waals surface area contributed by atoms with Crippen molar-refractivity contribution >= 4 is 11.7 Å². The molecule has 5 nitrogen and oxygen atoms in total. The van der Waals surface area contributed by atoms with Gasteiger partial charge in [-0.25, -0.2) is 4.39 Å². The minimum absolute atomic E-state index is 0.355. The lowest BCUT2D eigenvalue weighted by atomic mass is 9.89. The zero-order valence-electron chi connectivity index (χ0n) is 13.3. The van der Waals surface area contributed by atoms with Crippen LogP contribution in [0.25, 0.3) is 11.3 Å². The van der Waals surface area contributed by atoms with Crippen molar-refractivity contribution in [1.82, 2.24) is 15.6 Å². The highest BCUT2D eigenvalue weighted by Gasteiger charge is 2.18. The minimum Gasteiger partial charge on any atom is -0.280 e. The molecule has 4 rings (SSSR count). The minimum atomic E-state index is -0.384. The van der Waals surface area contributed by atoms with Crippen LogP contribution in [0.1, 0.15) is 21.5 Å². The maximum Gasteiger partial charge on any atom is 0.269 e. The van der Waals surface area contributed by atoms with Gasteiger partial charge >= 0.3 is 0 Å². The summed E-state index contributed by atoms with van der Waals surface area (Å²) in [5.41, 5.74) is 10.0. The Bertz CT molecular complexity index is 940. The summed E-state index contributed by atoms with van der Waals surface area (Å²) in [6.07, 6.45) is 1.83. The second kappa shape index (κ2) is 6.32. The van der Waals surface area contributed by atoms with Crippen molar-refractivity contribution in [3.05, 3.63) is 77.1 Å². The Morgan fingerprint density at radius 3 is 2.56 bits per heavy atom. The van der Waals surface area contributed by atoms with Gasteiger partial charge in [-0.2, -0.15) is 0 Å². The average Bonchev–Trinajstić information content (AvgIpc) is 2.66. The molecule has 0 saturated carbocycles. The number of rotatable bonds is 3. The van der Waals surface area contributed by atoms with E-state index in [0.29, 0.717) is 11.4 Å². The van der Waals surface area contributed by atoms with Gasteiger partial charge < -0.3 is 0 Å². The predicted octanol–water partition coefficient (Wildman–Crippen LogP) is 3.14. The highest BCUT2D eigenvalue weighted by atomic mass is 19.1. The number of nitrogens with zero attached hydrogens (tertiary/aromatic N) is 2. The quantitative estimate of drug-likeness (QED) is 0.722. The number of carbonyl (C=O) groups is 1. The summed E-state index contributed by atoms with van der Waals surface area (Å²) in [4.78, 5) is 12.0. The fourth-order valence-electron chi connectivity index (χ4n) is 2.94. The van der Waals surface area contributed by atoms with Gasteiger partial charge in [-0.05, 0) is 54.3 Å². The fraction of sp³-hybridized carbons (Fsp3) is 0.105. The normalized spacial score (nSPS) is 12.0. The molecule has 0 bridgehead atoms. The van der Waals surface area contributed by atoms with E-state index in [0.717, 1.165) is 29.7 Å². The van der Waals surface area contributed by atoms with Crippen molar-refractivity contribution in [3.63, 3.8) is 0 Å². The number of fused-ring (bicyclic) bond motifs is 3. The lowest BCUT2D eigenvalue weighted by Crippen LogP contribution is -2.30. The van der Waals surface area contributed by atoms with Crippen LogP contribution in [0.2, 0.25) is 0 Å². The first-order valence-corrected chi connectivity index (χ1v) is 7.97. The molecular formula is C19H15FN4O. The standard InChI is InChI=1S/C19H15FN4O/c20-15-9-7-13(8-10-15)19(25)24-22-17-11-14-6-5-12-3-1-2-4-16(12)18(14)23-21-17/h1-4,7-11H,5-6H2,(H,21,22)(H,24,25). The second-order valence-electron chi connectivity index (χ2n) is 5.85. The van der Waals surface area contributed by atoms with E-state index in [1.54, 1.807) is 0 Å². The molecule has 0 saturated heterocycles. The van der Waals surface area contributed by atoms with Crippen LogP contribution in [-0.4, -0.2) is 16.1 Å². The smallest absolute Gasteiger partial charge is 0.269 e. The molecule has 0 fully saturated rings. The number of nitrogens with one attached hydrogen (secondary N) is 2. The van der Waals surface area contributed by atoms with Crippen molar-refractivity contribution in [2.24, 2.45) is 0 Å². The van der Waals surface area contributed by atoms with Crippen LogP contribution in [0.15, 0.2) is 54.6 Å². The number of halogens is 1. The van der Waals surface area contributed by atoms with Gasteiger partial charge in [0, 0.05) is 11.1 Å². The molecule has 1 aliphatic carbocycles. The van der Waals surface area contributed by atoms with Crippen molar-refractivity contribution in [1.29, 1.82) is 0 Å². The number of hydrazine groups is 1. The fourth-order valence-corrected chi connectivity index (χ4v) is 2.94. The third-order valence-electron chi connectivity index (χ3n) is 4.22. The molecule has 2 aromatic carbocycles. The van der Waals surface area contributed by atoms with E-state index in [4.69, 9.17) is 0 Å². The van der Waals surface area contributed by atoms with E-state index >= 15 is 0 Å². The first kappa shape index (κ1) is 15.3. The molecule has 2 N–H and O–H groups in total. The molecule has 3 aromatic rings. The first-order valence-electron chi connectivity index (χ1n) is 7.97. The van der Waals surface area contributed by atoms with Gasteiger partial charge in [-0.15, -0.1) is 10.2 Å². The van der Waals surface area contributed by atoms with Crippen molar-refractivity contribution in [2.45, 2.75) is 12.8 Å². The second-order valence-corrected chi connectivity index (χ2v) is 5.85. The number of amides is 1. The Hall–Kier alpha value is -3.28. The molecule has 1 heterocycles. The highest BCUT2D eigenvalue weighted by Crippen LogP contribution is 2.31. The predicted molar refractivity (Wildman–Crippen MR) is 92.4 cm³/mol. The average molecular weight is 334 g/mol. The maximum absolute atomic E-state index is 12.9. The molecule has 124 valence electrons. The zero-order valence-corrected chi connectivity index (χ0v) is 13.3. The highest BCUT2D eigenvalue weighted by molar-refractivity contribution is 5.94. The number of hydrogen-bond donors (Lipinski definition) is 2. The molecule has 0 spiro atoms. The number of aryl methyl sites for hydroxylation is 2. The molecule has 0 radical (unpaired) electrons. The number of hydrogen-bond acceptors (Lipinski definition) is 4. The van der Waals surface area contributed by atoms with Crippen molar-refractivity contribution in [3.8, 4) is 11.3 Å². The molecular weight excluding hydrogens is 319 g/mol. The van der Waals surface area contributed by atoms with Crippen LogP contribution in [-0.2, 0) is 12.8 Å². The molecule has 1 aliphatic rings. The van der Waals surface area contributed by atoms with Gasteiger partial charge in [-0.1, -0.05) is 24.3 Å². The van der Waals surface area contributed by atoms with Crippen LogP contribution >= 0.6 is 0 Å². The summed E-state index contributed by atoms with van der Waals surface area (Å²) < 4.78 is 12.9. The van der Waals surface area contributed by atoms with Crippen molar-refractivity contribution in [2.75, 3.05) is 5.43 Å². The van der Waals surface area contributed by atoms with Crippen LogP contribution < -0.4 is 10.9 Å². The Morgan fingerprint density at radius 1 is 0.960 bits per heavy atom. The van der Waals surface area contributed by atoms with Crippen LogP contribution in [0.5, 0.6) is 0 Å². The third-order valence-corrected chi connectivity index (χ3v) is 4.22. The van der Waals surface area contributed by atoms with Gasteiger partial charge in [0.1, 0.15) is 5.82 Å². The van der Waals surface area contributed by atoms with Crippen LogP contribution in [0, 0.1) is 5.82 Å². The third kappa shape index (κ3) is 3.06. The van der Waals surface area contributed by atoms with E-state index in [1.165, 1.54) is 29.8 Å². The Kier molecular flexibility index (Phi) is 3.85. The largest absolute Gasteiger partial charge is 0.280 e. The number of anilines is 1. The monoisotopic (exact) mass is 334 g/mol. The molecule has 0 aliphatic heterocycles. The first-order chi connectivity index (χ1) is 12.2. The van der Waals surface area contributed by atoms with Crippen LogP contribution in [0.4, 0.5) is 10.2 Å². The summed E-state index contributed by atoms with van der Waals surface area (Å²) in [6.45, 7) is 0. The van der Waals surface area contributed by atoms with E-state index in [2.05, 4.69) is 27.1 Å². The van der Waals surface area contributed by atoms with Gasteiger partial charge in [0.25, 0.3) is 5.91 Å². The summed E-state index contributed by atoms with van der Waals surface area (Å²) in [7, 11) is 0. The molecule has 1 amide bonds. The molecule has 0 unspecified atom stereocenters. The van der Waals surface area contributed by atoms with Gasteiger partial charge in [0.2, 0.25) is 0 Å².